The standard InChI is InChI=1S/C22H21F3N4O/c23-22(24,25)16-5-3-14(4-6-16)18-13-17-19(7-8-26-20(17)27-18)28-9-11-29(12-10-28)21(30)15-1-2-15/h3-8,13,15H,1-2,9-12H2,(H,26,27). The number of carbonyl (C=O) groups excluding carboxylic acids is 1. The van der Waals surface area contributed by atoms with Gasteiger partial charge in [0, 0.05) is 55.1 Å². The maximum Gasteiger partial charge on any atom is 0.416 e. The smallest absolute Gasteiger partial charge is 0.367 e. The number of alkyl halides is 3. The Kier molecular flexibility index (Phi) is 4.45. The second-order valence-corrected chi connectivity index (χ2v) is 7.94. The average molecular weight is 414 g/mol. The monoisotopic (exact) mass is 414 g/mol. The van der Waals surface area contributed by atoms with Gasteiger partial charge in [0.25, 0.3) is 0 Å². The predicted octanol–water partition coefficient (Wildman–Crippen LogP) is 4.31. The maximum atomic E-state index is 12.8. The zero-order valence-electron chi connectivity index (χ0n) is 16.2. The second kappa shape index (κ2) is 7.04. The molecule has 2 fully saturated rings. The largest absolute Gasteiger partial charge is 0.416 e. The fourth-order valence-corrected chi connectivity index (χ4v) is 4.04. The van der Waals surface area contributed by atoms with Gasteiger partial charge in [-0.2, -0.15) is 13.2 Å². The van der Waals surface area contributed by atoms with Gasteiger partial charge in [0.2, 0.25) is 5.91 Å². The van der Waals surface area contributed by atoms with E-state index in [0.29, 0.717) is 24.3 Å². The van der Waals surface area contributed by atoms with Crippen LogP contribution in [0.3, 0.4) is 0 Å². The summed E-state index contributed by atoms with van der Waals surface area (Å²) in [6.45, 7) is 2.90. The Morgan fingerprint density at radius 3 is 2.37 bits per heavy atom. The molecule has 8 heteroatoms. The van der Waals surface area contributed by atoms with Crippen LogP contribution in [0, 0.1) is 5.92 Å². The molecule has 0 atom stereocenters. The van der Waals surface area contributed by atoms with E-state index in [2.05, 4.69) is 14.9 Å². The van der Waals surface area contributed by atoms with Crippen molar-refractivity contribution in [3.8, 4) is 11.3 Å². The molecular weight excluding hydrogens is 393 g/mol. The minimum Gasteiger partial charge on any atom is -0.367 e. The summed E-state index contributed by atoms with van der Waals surface area (Å²) < 4.78 is 38.5. The van der Waals surface area contributed by atoms with Crippen molar-refractivity contribution < 1.29 is 18.0 Å². The average Bonchev–Trinajstić information content (AvgIpc) is 3.50. The lowest BCUT2D eigenvalue weighted by molar-refractivity contribution is -0.137. The Hall–Kier alpha value is -3.03. The number of pyridine rings is 1. The van der Waals surface area contributed by atoms with Crippen LogP contribution < -0.4 is 4.90 Å². The molecule has 0 spiro atoms. The van der Waals surface area contributed by atoms with E-state index in [9.17, 15) is 18.0 Å². The maximum absolute atomic E-state index is 12.8. The van der Waals surface area contributed by atoms with E-state index in [1.54, 1.807) is 6.20 Å². The highest BCUT2D eigenvalue weighted by molar-refractivity contribution is 5.94. The summed E-state index contributed by atoms with van der Waals surface area (Å²) in [5, 5.41) is 0.925. The van der Waals surface area contributed by atoms with Crippen LogP contribution in [-0.2, 0) is 11.0 Å². The number of nitrogens with one attached hydrogen (secondary N) is 1. The van der Waals surface area contributed by atoms with E-state index in [4.69, 9.17) is 0 Å². The molecule has 0 radical (unpaired) electrons. The fourth-order valence-electron chi connectivity index (χ4n) is 4.04. The van der Waals surface area contributed by atoms with Crippen molar-refractivity contribution in [1.29, 1.82) is 0 Å². The molecular formula is C22H21F3N4O. The number of aromatic amines is 1. The number of hydrogen-bond acceptors (Lipinski definition) is 3. The van der Waals surface area contributed by atoms with Gasteiger partial charge in [0.15, 0.2) is 0 Å². The molecule has 2 aliphatic rings. The third-order valence-electron chi connectivity index (χ3n) is 5.89. The number of nitrogens with zero attached hydrogens (tertiary/aromatic N) is 3. The van der Waals surface area contributed by atoms with Crippen molar-refractivity contribution in [3.63, 3.8) is 0 Å². The SMILES string of the molecule is O=C(C1CC1)N1CCN(c2ccnc3[nH]c(-c4ccc(C(F)(F)F)cc4)cc23)CC1. The molecule has 1 N–H and O–H groups in total. The molecule has 5 rings (SSSR count). The summed E-state index contributed by atoms with van der Waals surface area (Å²) in [5.41, 5.74) is 2.44. The zero-order valence-corrected chi connectivity index (χ0v) is 16.2. The number of halogens is 3. The minimum absolute atomic E-state index is 0.236. The molecule has 0 unspecified atom stereocenters. The highest BCUT2D eigenvalue weighted by atomic mass is 19.4. The van der Waals surface area contributed by atoms with Crippen LogP contribution in [0.5, 0.6) is 0 Å². The second-order valence-electron chi connectivity index (χ2n) is 7.94. The van der Waals surface area contributed by atoms with Gasteiger partial charge in [0.1, 0.15) is 5.65 Å². The van der Waals surface area contributed by atoms with Crippen molar-refractivity contribution in [2.75, 3.05) is 31.1 Å². The number of H-pyrrole nitrogens is 1. The lowest BCUT2D eigenvalue weighted by Crippen LogP contribution is -2.49. The van der Waals surface area contributed by atoms with E-state index >= 15 is 0 Å². The number of aromatic nitrogens is 2. The lowest BCUT2D eigenvalue weighted by atomic mass is 10.1. The molecule has 1 saturated heterocycles. The number of rotatable bonds is 3. The highest BCUT2D eigenvalue weighted by Crippen LogP contribution is 2.34. The van der Waals surface area contributed by atoms with Crippen molar-refractivity contribution in [2.45, 2.75) is 19.0 Å². The van der Waals surface area contributed by atoms with Crippen molar-refractivity contribution in [1.82, 2.24) is 14.9 Å². The Morgan fingerprint density at radius 1 is 1.03 bits per heavy atom. The molecule has 30 heavy (non-hydrogen) atoms. The molecule has 3 aromatic rings. The third kappa shape index (κ3) is 3.51. The molecule has 1 aliphatic carbocycles. The van der Waals surface area contributed by atoms with Gasteiger partial charge in [-0.25, -0.2) is 4.98 Å². The van der Waals surface area contributed by atoms with Crippen LogP contribution in [0.1, 0.15) is 18.4 Å². The van der Waals surface area contributed by atoms with Crippen LogP contribution in [0.25, 0.3) is 22.3 Å². The summed E-state index contributed by atoms with van der Waals surface area (Å²) in [6, 6.07) is 8.99. The van der Waals surface area contributed by atoms with Gasteiger partial charge in [-0.1, -0.05) is 12.1 Å². The van der Waals surface area contributed by atoms with Crippen LogP contribution >= 0.6 is 0 Å². The molecule has 1 aromatic carbocycles. The summed E-state index contributed by atoms with van der Waals surface area (Å²) >= 11 is 0. The van der Waals surface area contributed by atoms with E-state index in [1.165, 1.54) is 12.1 Å². The van der Waals surface area contributed by atoms with Crippen molar-refractivity contribution in [2.24, 2.45) is 5.92 Å². The number of fused-ring (bicyclic) bond motifs is 1. The molecule has 5 nitrogen and oxygen atoms in total. The number of anilines is 1. The van der Waals surface area contributed by atoms with Crippen LogP contribution in [0.15, 0.2) is 42.6 Å². The third-order valence-corrected chi connectivity index (χ3v) is 5.89. The molecule has 1 amide bonds. The van der Waals surface area contributed by atoms with Gasteiger partial charge in [-0.15, -0.1) is 0 Å². The van der Waals surface area contributed by atoms with Crippen LogP contribution in [-0.4, -0.2) is 47.0 Å². The Balaban J connectivity index is 1.38. The number of benzene rings is 1. The first kappa shape index (κ1) is 19.0. The number of hydrogen-bond donors (Lipinski definition) is 1. The van der Waals surface area contributed by atoms with Crippen molar-refractivity contribution in [3.05, 3.63) is 48.2 Å². The topological polar surface area (TPSA) is 52.2 Å². The minimum atomic E-state index is -4.35. The van der Waals surface area contributed by atoms with Gasteiger partial charge in [0.05, 0.1) is 5.56 Å². The number of amides is 1. The molecule has 1 saturated carbocycles. The fraction of sp³-hybridized carbons (Fsp3) is 0.364. The first-order valence-corrected chi connectivity index (χ1v) is 10.1. The number of piperazine rings is 1. The first-order chi connectivity index (χ1) is 14.4. The molecule has 156 valence electrons. The van der Waals surface area contributed by atoms with Gasteiger partial charge in [-0.3, -0.25) is 4.79 Å². The molecule has 3 heterocycles. The van der Waals surface area contributed by atoms with Gasteiger partial charge < -0.3 is 14.8 Å². The lowest BCUT2D eigenvalue weighted by Gasteiger charge is -2.36. The normalized spacial score (nSPS) is 17.6. The Bertz CT molecular complexity index is 1080. The van der Waals surface area contributed by atoms with Crippen LogP contribution in [0.4, 0.5) is 18.9 Å². The van der Waals surface area contributed by atoms with Gasteiger partial charge in [-0.05, 0) is 42.7 Å². The van der Waals surface area contributed by atoms with Crippen molar-refractivity contribution >= 4 is 22.6 Å². The summed E-state index contributed by atoms with van der Waals surface area (Å²) in [6.07, 6.45) is -0.594. The molecule has 1 aliphatic heterocycles. The summed E-state index contributed by atoms with van der Waals surface area (Å²) in [4.78, 5) is 24.1. The van der Waals surface area contributed by atoms with E-state index in [-0.39, 0.29) is 11.8 Å². The predicted molar refractivity (Wildman–Crippen MR) is 108 cm³/mol. The zero-order chi connectivity index (χ0) is 20.9. The first-order valence-electron chi connectivity index (χ1n) is 10.1. The quantitative estimate of drug-likeness (QED) is 0.695. The van der Waals surface area contributed by atoms with Crippen LogP contribution in [0.2, 0.25) is 0 Å². The molecule has 2 aromatic heterocycles. The molecule has 0 bridgehead atoms. The summed E-state index contributed by atoms with van der Waals surface area (Å²) in [7, 11) is 0. The van der Waals surface area contributed by atoms with E-state index in [1.807, 2.05) is 17.0 Å². The van der Waals surface area contributed by atoms with E-state index in [0.717, 1.165) is 54.8 Å². The van der Waals surface area contributed by atoms with Gasteiger partial charge >= 0.3 is 6.18 Å². The summed E-state index contributed by atoms with van der Waals surface area (Å²) in [5.74, 6) is 0.515. The number of carbonyl (C=O) groups is 1. The van der Waals surface area contributed by atoms with E-state index < -0.39 is 11.7 Å². The highest BCUT2D eigenvalue weighted by Gasteiger charge is 2.35. The Labute approximate surface area is 171 Å². The Morgan fingerprint density at radius 2 is 1.73 bits per heavy atom.